The Labute approximate surface area is 252 Å². The molecule has 3 heterocycles. The normalized spacial score (nSPS) is 13.9. The van der Waals surface area contributed by atoms with E-state index in [1.807, 2.05) is 54.7 Å². The van der Waals surface area contributed by atoms with Crippen molar-refractivity contribution in [2.45, 2.75) is 38.3 Å². The molecule has 0 fully saturated rings. The Bertz CT molecular complexity index is 1630. The minimum Gasteiger partial charge on any atom is -0.368 e. The highest BCUT2D eigenvalue weighted by atomic mass is 32.1. The van der Waals surface area contributed by atoms with Gasteiger partial charge in [-0.05, 0) is 17.2 Å². The Balaban J connectivity index is 1.23. The van der Waals surface area contributed by atoms with E-state index < -0.39 is 23.9 Å². The number of H-pyrrole nitrogens is 1. The van der Waals surface area contributed by atoms with E-state index in [1.165, 1.54) is 11.3 Å². The Kier molecular flexibility index (Phi) is 9.57. The summed E-state index contributed by atoms with van der Waals surface area (Å²) in [5.41, 5.74) is 3.59. The molecule has 5 rings (SSSR count). The van der Waals surface area contributed by atoms with E-state index in [9.17, 15) is 19.2 Å². The number of ketones is 1. The largest absolute Gasteiger partial charge is 0.368 e. The number of benzene rings is 2. The standard InChI is InChI=1S/C31H33N7O4S/c1-2-26(39)38-25(15-19-7-9-20(10-8-19)29-32-11-12-33-29)30(42)36-18-27(40)37-24(28(41)31-34-13-14-43-31)16-21-17-35-23-6-4-3-5-22(21)23/h3-10,13-14,17,24-25,35H,2,11-12,15-16,18H2,1H3,(H,32,33)(H,36,42)(H,37,40)(H,38,39). The summed E-state index contributed by atoms with van der Waals surface area (Å²) in [6.07, 6.45) is 4.07. The zero-order valence-corrected chi connectivity index (χ0v) is 24.5. The second-order valence-electron chi connectivity index (χ2n) is 10.1. The molecule has 2 aromatic carbocycles. The topological polar surface area (TPSA) is 157 Å². The summed E-state index contributed by atoms with van der Waals surface area (Å²) in [5.74, 6) is -0.781. The number of nitrogens with one attached hydrogen (secondary N) is 5. The van der Waals surface area contributed by atoms with Crippen molar-refractivity contribution < 1.29 is 19.2 Å². The number of carbonyl (C=O) groups is 4. The average Bonchev–Trinajstić information content (AvgIpc) is 3.82. The maximum absolute atomic E-state index is 13.3. The number of para-hydroxylation sites is 1. The molecule has 0 saturated carbocycles. The molecule has 222 valence electrons. The van der Waals surface area contributed by atoms with Crippen LogP contribution in [0.4, 0.5) is 0 Å². The van der Waals surface area contributed by atoms with Crippen LogP contribution in [-0.4, -0.2) is 71.0 Å². The maximum Gasteiger partial charge on any atom is 0.243 e. The number of fused-ring (bicyclic) bond motifs is 1. The molecule has 0 aliphatic carbocycles. The molecule has 5 N–H and O–H groups in total. The predicted octanol–water partition coefficient (Wildman–Crippen LogP) is 2.14. The maximum atomic E-state index is 13.3. The number of thiazole rings is 1. The Hall–Kier alpha value is -4.84. The quantitative estimate of drug-likeness (QED) is 0.148. The Morgan fingerprint density at radius 3 is 2.49 bits per heavy atom. The number of amidine groups is 1. The smallest absolute Gasteiger partial charge is 0.243 e. The van der Waals surface area contributed by atoms with Crippen molar-refractivity contribution in [3.8, 4) is 0 Å². The van der Waals surface area contributed by atoms with Gasteiger partial charge < -0.3 is 26.3 Å². The van der Waals surface area contributed by atoms with Crippen molar-refractivity contribution >= 4 is 51.6 Å². The van der Waals surface area contributed by atoms with Gasteiger partial charge in [0.2, 0.25) is 23.5 Å². The lowest BCUT2D eigenvalue weighted by atomic mass is 10.0. The zero-order valence-electron chi connectivity index (χ0n) is 23.7. The van der Waals surface area contributed by atoms with Crippen LogP contribution in [0.5, 0.6) is 0 Å². The van der Waals surface area contributed by atoms with Crippen molar-refractivity contribution in [1.82, 2.24) is 31.2 Å². The molecule has 11 nitrogen and oxygen atoms in total. The number of hydrogen-bond donors (Lipinski definition) is 5. The summed E-state index contributed by atoms with van der Waals surface area (Å²) >= 11 is 1.20. The van der Waals surface area contributed by atoms with Gasteiger partial charge in [0.1, 0.15) is 11.9 Å². The van der Waals surface area contributed by atoms with Crippen LogP contribution in [0.1, 0.15) is 39.8 Å². The van der Waals surface area contributed by atoms with Crippen LogP contribution >= 0.6 is 11.3 Å². The van der Waals surface area contributed by atoms with Gasteiger partial charge in [-0.15, -0.1) is 11.3 Å². The van der Waals surface area contributed by atoms with Crippen LogP contribution in [0.3, 0.4) is 0 Å². The summed E-state index contributed by atoms with van der Waals surface area (Å²) in [6.45, 7) is 2.88. The molecule has 4 aromatic rings. The van der Waals surface area contributed by atoms with Crippen LogP contribution in [0.15, 0.2) is 71.3 Å². The number of Topliss-reactive ketones (excluding diaryl/α,β-unsaturated/α-hetero) is 1. The van der Waals surface area contributed by atoms with E-state index in [1.54, 1.807) is 18.5 Å². The second-order valence-corrected chi connectivity index (χ2v) is 11.0. The highest BCUT2D eigenvalue weighted by Crippen LogP contribution is 2.20. The van der Waals surface area contributed by atoms with Crippen LogP contribution < -0.4 is 21.3 Å². The third-order valence-corrected chi connectivity index (χ3v) is 7.92. The molecule has 0 spiro atoms. The summed E-state index contributed by atoms with van der Waals surface area (Å²) < 4.78 is 0. The number of aliphatic imine (C=N–C) groups is 1. The summed E-state index contributed by atoms with van der Waals surface area (Å²) in [6, 6.07) is 13.6. The lowest BCUT2D eigenvalue weighted by Gasteiger charge is -2.20. The van der Waals surface area contributed by atoms with Crippen molar-refractivity contribution in [1.29, 1.82) is 0 Å². The van der Waals surface area contributed by atoms with Gasteiger partial charge in [0.05, 0.1) is 19.1 Å². The summed E-state index contributed by atoms with van der Waals surface area (Å²) in [7, 11) is 0. The molecule has 2 unspecified atom stereocenters. The number of carbonyl (C=O) groups excluding carboxylic acids is 4. The second kappa shape index (κ2) is 13.9. The van der Waals surface area contributed by atoms with E-state index in [0.29, 0.717) is 5.01 Å². The third kappa shape index (κ3) is 7.52. The van der Waals surface area contributed by atoms with Gasteiger partial charge in [-0.3, -0.25) is 24.2 Å². The monoisotopic (exact) mass is 599 g/mol. The molecule has 2 aromatic heterocycles. The SMILES string of the molecule is CCC(=O)NC(Cc1ccc(C2=NCCN2)cc1)C(=O)NCC(=O)NC(Cc1c[nH]c2ccccc12)C(=O)c1nccs1. The van der Waals surface area contributed by atoms with E-state index in [4.69, 9.17) is 0 Å². The number of aromatic nitrogens is 2. The van der Waals surface area contributed by atoms with E-state index >= 15 is 0 Å². The molecular formula is C31H33N7O4S. The number of amides is 3. The predicted molar refractivity (Wildman–Crippen MR) is 165 cm³/mol. The van der Waals surface area contributed by atoms with Gasteiger partial charge in [-0.25, -0.2) is 4.98 Å². The number of aromatic amines is 1. The molecule has 43 heavy (non-hydrogen) atoms. The van der Waals surface area contributed by atoms with Gasteiger partial charge in [0, 0.05) is 60.0 Å². The van der Waals surface area contributed by atoms with E-state index in [2.05, 4.69) is 36.2 Å². The molecule has 0 saturated heterocycles. The lowest BCUT2D eigenvalue weighted by molar-refractivity contribution is -0.130. The van der Waals surface area contributed by atoms with E-state index in [0.717, 1.165) is 46.5 Å². The van der Waals surface area contributed by atoms with Crippen LogP contribution in [0.25, 0.3) is 10.9 Å². The number of hydrogen-bond acceptors (Lipinski definition) is 8. The third-order valence-electron chi connectivity index (χ3n) is 7.13. The fourth-order valence-electron chi connectivity index (χ4n) is 4.89. The van der Waals surface area contributed by atoms with Gasteiger partial charge >= 0.3 is 0 Å². The molecule has 0 bridgehead atoms. The minimum atomic E-state index is -0.886. The molecular weight excluding hydrogens is 566 g/mol. The van der Waals surface area contributed by atoms with E-state index in [-0.39, 0.29) is 37.5 Å². The number of rotatable bonds is 13. The first kappa shape index (κ1) is 29.6. The van der Waals surface area contributed by atoms with Gasteiger partial charge in [0.15, 0.2) is 5.01 Å². The van der Waals surface area contributed by atoms with Gasteiger partial charge in [0.25, 0.3) is 0 Å². The first-order valence-corrected chi connectivity index (χ1v) is 15.0. The van der Waals surface area contributed by atoms with Crippen LogP contribution in [0.2, 0.25) is 0 Å². The highest BCUT2D eigenvalue weighted by Gasteiger charge is 2.27. The first-order chi connectivity index (χ1) is 20.9. The molecule has 12 heteroatoms. The van der Waals surface area contributed by atoms with Crippen molar-refractivity contribution in [2.24, 2.45) is 4.99 Å². The lowest BCUT2D eigenvalue weighted by Crippen LogP contribution is -2.51. The molecule has 1 aliphatic heterocycles. The average molecular weight is 600 g/mol. The van der Waals surface area contributed by atoms with Crippen molar-refractivity contribution in [2.75, 3.05) is 19.6 Å². The fraction of sp³-hybridized carbons (Fsp3) is 0.290. The van der Waals surface area contributed by atoms with Gasteiger partial charge in [-0.1, -0.05) is 49.4 Å². The number of nitrogens with zero attached hydrogens (tertiary/aromatic N) is 2. The minimum absolute atomic E-state index is 0.211. The van der Waals surface area contributed by atoms with Crippen LogP contribution in [-0.2, 0) is 27.2 Å². The van der Waals surface area contributed by atoms with Gasteiger partial charge in [-0.2, -0.15) is 0 Å². The summed E-state index contributed by atoms with van der Waals surface area (Å²) in [4.78, 5) is 63.5. The molecule has 3 amide bonds. The van der Waals surface area contributed by atoms with Crippen molar-refractivity contribution in [3.05, 3.63) is 88.0 Å². The van der Waals surface area contributed by atoms with Crippen molar-refractivity contribution in [3.63, 3.8) is 0 Å². The first-order valence-electron chi connectivity index (χ1n) is 14.1. The molecule has 1 aliphatic rings. The Morgan fingerprint density at radius 2 is 1.77 bits per heavy atom. The van der Waals surface area contributed by atoms with Crippen LogP contribution in [0, 0.1) is 0 Å². The molecule has 2 atom stereocenters. The highest BCUT2D eigenvalue weighted by molar-refractivity contribution is 7.11. The Morgan fingerprint density at radius 1 is 0.977 bits per heavy atom. The summed E-state index contributed by atoms with van der Waals surface area (Å²) in [5, 5.41) is 14.3. The zero-order chi connectivity index (χ0) is 30.2. The fourth-order valence-corrected chi connectivity index (χ4v) is 5.52. The molecule has 0 radical (unpaired) electrons.